The van der Waals surface area contributed by atoms with Crippen LogP contribution < -0.4 is 5.32 Å². The van der Waals surface area contributed by atoms with E-state index in [1.165, 1.54) is 21.6 Å². The van der Waals surface area contributed by atoms with E-state index in [4.69, 9.17) is 0 Å². The third kappa shape index (κ3) is 3.28. The Morgan fingerprint density at radius 2 is 1.79 bits per heavy atom. The predicted molar refractivity (Wildman–Crippen MR) is 85.6 cm³/mol. The highest BCUT2D eigenvalue weighted by Gasteiger charge is 2.07. The molecule has 0 aromatic heterocycles. The van der Waals surface area contributed by atoms with Gasteiger partial charge in [-0.25, -0.2) is 0 Å². The van der Waals surface area contributed by atoms with Gasteiger partial charge in [-0.1, -0.05) is 43.0 Å². The van der Waals surface area contributed by atoms with E-state index in [1.807, 2.05) is 7.05 Å². The molecule has 2 rings (SSSR count). The second kappa shape index (κ2) is 6.60. The molecule has 0 heterocycles. The largest absolute Gasteiger partial charge is 0.316 e. The van der Waals surface area contributed by atoms with Crippen molar-refractivity contribution in [3.05, 3.63) is 71.8 Å². The Kier molecular flexibility index (Phi) is 4.83. The van der Waals surface area contributed by atoms with E-state index in [0.717, 1.165) is 12.1 Å². The number of benzene rings is 2. The Balaban J connectivity index is 2.32. The summed E-state index contributed by atoms with van der Waals surface area (Å²) in [5.74, 6) is 0. The monoisotopic (exact) mass is 269 g/mol. The van der Waals surface area contributed by atoms with Gasteiger partial charge in [-0.3, -0.25) is 0 Å². The third-order valence-electron chi connectivity index (χ3n) is 3.15. The number of hydrogen-bond donors (Lipinski definition) is 1. The van der Waals surface area contributed by atoms with Crippen LogP contribution in [0.1, 0.15) is 16.7 Å². The van der Waals surface area contributed by atoms with Crippen molar-refractivity contribution in [3.63, 3.8) is 0 Å². The van der Waals surface area contributed by atoms with E-state index in [1.54, 1.807) is 11.8 Å². The lowest BCUT2D eigenvalue weighted by Gasteiger charge is -2.12. The summed E-state index contributed by atoms with van der Waals surface area (Å²) in [5, 5.41) is 3.20. The highest BCUT2D eigenvalue weighted by atomic mass is 32.2. The fraction of sp³-hybridized carbons (Fsp3) is 0.176. The van der Waals surface area contributed by atoms with Gasteiger partial charge in [-0.15, -0.1) is 11.8 Å². The Bertz CT molecular complexity index is 558. The van der Waals surface area contributed by atoms with E-state index in [2.05, 4.69) is 66.7 Å². The fourth-order valence-electron chi connectivity index (χ4n) is 2.11. The molecule has 0 unspecified atom stereocenters. The van der Waals surface area contributed by atoms with Crippen molar-refractivity contribution in [2.24, 2.45) is 0 Å². The van der Waals surface area contributed by atoms with Crippen LogP contribution in [0.2, 0.25) is 0 Å². The summed E-state index contributed by atoms with van der Waals surface area (Å²) in [6.45, 7) is 5.12. The van der Waals surface area contributed by atoms with Crippen molar-refractivity contribution >= 4 is 17.3 Å². The van der Waals surface area contributed by atoms with Crippen LogP contribution in [-0.2, 0) is 6.54 Å². The molecule has 0 aliphatic heterocycles. The van der Waals surface area contributed by atoms with Gasteiger partial charge in [-0.2, -0.15) is 0 Å². The lowest BCUT2D eigenvalue weighted by molar-refractivity contribution is 0.816. The van der Waals surface area contributed by atoms with Crippen LogP contribution >= 0.6 is 11.8 Å². The maximum atomic E-state index is 4.26. The van der Waals surface area contributed by atoms with Gasteiger partial charge in [0.1, 0.15) is 0 Å². The molecule has 2 heteroatoms. The van der Waals surface area contributed by atoms with Gasteiger partial charge in [0, 0.05) is 11.4 Å². The van der Waals surface area contributed by atoms with Gasteiger partial charge in [0.2, 0.25) is 0 Å². The third-order valence-corrected chi connectivity index (χ3v) is 3.89. The predicted octanol–water partition coefficient (Wildman–Crippen LogP) is 4.19. The van der Waals surface area contributed by atoms with E-state index in [0.29, 0.717) is 0 Å². The number of hydrogen-bond acceptors (Lipinski definition) is 2. The summed E-state index contributed by atoms with van der Waals surface area (Å²) in [5.41, 5.74) is 4.76. The SMILES string of the molecule is C=C(c1ccc(SC)cc1)c1ccccc1CNC. The summed E-state index contributed by atoms with van der Waals surface area (Å²) >= 11 is 1.76. The molecule has 0 bridgehead atoms. The zero-order valence-electron chi connectivity index (χ0n) is 11.4. The van der Waals surface area contributed by atoms with Crippen molar-refractivity contribution in [1.82, 2.24) is 5.32 Å². The minimum Gasteiger partial charge on any atom is -0.316 e. The standard InChI is InChI=1S/C17H19NS/c1-13(14-8-10-16(19-3)11-9-14)17-7-5-4-6-15(17)12-18-2/h4-11,18H,1,12H2,2-3H3. The number of thioether (sulfide) groups is 1. The zero-order valence-corrected chi connectivity index (χ0v) is 12.3. The van der Waals surface area contributed by atoms with Crippen LogP contribution in [0.25, 0.3) is 5.57 Å². The Morgan fingerprint density at radius 3 is 2.42 bits per heavy atom. The number of nitrogens with one attached hydrogen (secondary N) is 1. The lowest BCUT2D eigenvalue weighted by atomic mass is 9.95. The molecular formula is C17H19NS. The smallest absolute Gasteiger partial charge is 0.0208 e. The van der Waals surface area contributed by atoms with Crippen LogP contribution in [0.15, 0.2) is 60.0 Å². The molecule has 19 heavy (non-hydrogen) atoms. The first-order valence-corrected chi connectivity index (χ1v) is 7.55. The maximum Gasteiger partial charge on any atom is 0.0208 e. The zero-order chi connectivity index (χ0) is 13.7. The second-order valence-electron chi connectivity index (χ2n) is 4.39. The van der Waals surface area contributed by atoms with Crippen molar-refractivity contribution in [2.45, 2.75) is 11.4 Å². The molecule has 0 atom stereocenters. The second-order valence-corrected chi connectivity index (χ2v) is 5.27. The first-order valence-electron chi connectivity index (χ1n) is 6.32. The van der Waals surface area contributed by atoms with E-state index >= 15 is 0 Å². The molecule has 0 amide bonds. The highest BCUT2D eigenvalue weighted by Crippen LogP contribution is 2.26. The Hall–Kier alpha value is -1.51. The van der Waals surface area contributed by atoms with Crippen molar-refractivity contribution in [3.8, 4) is 0 Å². The van der Waals surface area contributed by atoms with Gasteiger partial charge in [-0.05, 0) is 47.7 Å². The summed E-state index contributed by atoms with van der Waals surface area (Å²) in [7, 11) is 1.97. The molecule has 0 fully saturated rings. The average molecular weight is 269 g/mol. The maximum absolute atomic E-state index is 4.26. The molecule has 0 saturated carbocycles. The van der Waals surface area contributed by atoms with Crippen LogP contribution in [-0.4, -0.2) is 13.3 Å². The van der Waals surface area contributed by atoms with Crippen molar-refractivity contribution in [1.29, 1.82) is 0 Å². The van der Waals surface area contributed by atoms with E-state index < -0.39 is 0 Å². The molecule has 0 saturated heterocycles. The molecule has 2 aromatic carbocycles. The molecule has 0 aliphatic carbocycles. The molecule has 98 valence electrons. The van der Waals surface area contributed by atoms with Crippen LogP contribution in [0.3, 0.4) is 0 Å². The Morgan fingerprint density at radius 1 is 1.11 bits per heavy atom. The average Bonchev–Trinajstić information content (AvgIpc) is 2.47. The molecule has 0 radical (unpaired) electrons. The van der Waals surface area contributed by atoms with Crippen molar-refractivity contribution < 1.29 is 0 Å². The molecule has 1 N–H and O–H groups in total. The molecule has 0 aliphatic rings. The van der Waals surface area contributed by atoms with Gasteiger partial charge >= 0.3 is 0 Å². The summed E-state index contributed by atoms with van der Waals surface area (Å²) in [6, 6.07) is 17.0. The van der Waals surface area contributed by atoms with Gasteiger partial charge in [0.05, 0.1) is 0 Å². The first-order chi connectivity index (χ1) is 9.26. The molecule has 2 aromatic rings. The van der Waals surface area contributed by atoms with Crippen molar-refractivity contribution in [2.75, 3.05) is 13.3 Å². The van der Waals surface area contributed by atoms with Crippen LogP contribution in [0.4, 0.5) is 0 Å². The lowest BCUT2D eigenvalue weighted by Crippen LogP contribution is -2.07. The summed E-state index contributed by atoms with van der Waals surface area (Å²) in [4.78, 5) is 1.28. The van der Waals surface area contributed by atoms with E-state index in [9.17, 15) is 0 Å². The minimum absolute atomic E-state index is 0.859. The fourth-order valence-corrected chi connectivity index (χ4v) is 2.52. The molecule has 1 nitrogen and oxygen atoms in total. The van der Waals surface area contributed by atoms with E-state index in [-0.39, 0.29) is 0 Å². The van der Waals surface area contributed by atoms with Gasteiger partial charge in [0.25, 0.3) is 0 Å². The summed E-state index contributed by atoms with van der Waals surface area (Å²) < 4.78 is 0. The van der Waals surface area contributed by atoms with Crippen LogP contribution in [0.5, 0.6) is 0 Å². The van der Waals surface area contributed by atoms with Crippen LogP contribution in [0, 0.1) is 0 Å². The number of rotatable bonds is 5. The quantitative estimate of drug-likeness (QED) is 0.817. The van der Waals surface area contributed by atoms with Gasteiger partial charge < -0.3 is 5.32 Å². The summed E-state index contributed by atoms with van der Waals surface area (Å²) in [6.07, 6.45) is 2.09. The first kappa shape index (κ1) is 13.9. The topological polar surface area (TPSA) is 12.0 Å². The molecule has 0 spiro atoms. The normalized spacial score (nSPS) is 10.4. The highest BCUT2D eigenvalue weighted by molar-refractivity contribution is 7.98. The van der Waals surface area contributed by atoms with Gasteiger partial charge in [0.15, 0.2) is 0 Å². The minimum atomic E-state index is 0.859. The Labute approximate surface area is 119 Å². The molecular weight excluding hydrogens is 250 g/mol.